The van der Waals surface area contributed by atoms with E-state index in [-0.39, 0.29) is 24.3 Å². The molecule has 2 heterocycles. The van der Waals surface area contributed by atoms with Crippen LogP contribution in [0.4, 0.5) is 5.00 Å². The van der Waals surface area contributed by atoms with E-state index >= 15 is 0 Å². The van der Waals surface area contributed by atoms with Crippen LogP contribution in [0, 0.1) is 5.92 Å². The molecule has 0 aliphatic carbocycles. The molecule has 0 atom stereocenters. The van der Waals surface area contributed by atoms with Gasteiger partial charge in [-0.05, 0) is 12.8 Å². The fourth-order valence-corrected chi connectivity index (χ4v) is 2.60. The zero-order chi connectivity index (χ0) is 13.1. The highest BCUT2D eigenvalue weighted by Gasteiger charge is 2.31. The maximum absolute atomic E-state index is 11.9. The lowest BCUT2D eigenvalue weighted by molar-refractivity contribution is -0.150. The lowest BCUT2D eigenvalue weighted by Gasteiger charge is -2.27. The summed E-state index contributed by atoms with van der Waals surface area (Å²) in [6.45, 7) is 4.88. The molecule has 0 aromatic carbocycles. The Morgan fingerprint density at radius 3 is 2.67 bits per heavy atom. The van der Waals surface area contributed by atoms with Gasteiger partial charge in [-0.2, -0.15) is 0 Å². The molecule has 98 valence electrons. The van der Waals surface area contributed by atoms with E-state index in [1.54, 1.807) is 0 Å². The summed E-state index contributed by atoms with van der Waals surface area (Å²) in [5.41, 5.74) is 0.665. The van der Waals surface area contributed by atoms with Crippen molar-refractivity contribution in [2.45, 2.75) is 33.2 Å². The lowest BCUT2D eigenvalue weighted by Crippen LogP contribution is -2.42. The van der Waals surface area contributed by atoms with Crippen molar-refractivity contribution in [3.63, 3.8) is 0 Å². The van der Waals surface area contributed by atoms with E-state index in [0.29, 0.717) is 18.5 Å². The average Bonchev–Trinajstić information content (AvgIpc) is 2.71. The third-order valence-electron chi connectivity index (χ3n) is 2.85. The first kappa shape index (κ1) is 12.9. The minimum absolute atomic E-state index is 0.116. The molecule has 1 aromatic heterocycles. The first-order valence-corrected chi connectivity index (χ1v) is 6.77. The van der Waals surface area contributed by atoms with Gasteiger partial charge in [0.25, 0.3) is 0 Å². The molecular weight excluding hydrogens is 252 g/mol. The normalized spacial score (nSPS) is 17.3. The van der Waals surface area contributed by atoms with E-state index in [2.05, 4.69) is 14.9 Å². The van der Waals surface area contributed by atoms with Gasteiger partial charge < -0.3 is 5.32 Å². The molecule has 7 heteroatoms. The number of amides is 2. The first-order chi connectivity index (χ1) is 8.61. The van der Waals surface area contributed by atoms with Gasteiger partial charge in [0.2, 0.25) is 11.8 Å². The highest BCUT2D eigenvalue weighted by Crippen LogP contribution is 2.24. The maximum Gasteiger partial charge on any atom is 0.229 e. The second kappa shape index (κ2) is 5.43. The molecule has 1 aliphatic heterocycles. The number of hydrogen-bond donors (Lipinski definition) is 1. The number of carbonyl (C=O) groups is 2. The number of anilines is 1. The van der Waals surface area contributed by atoms with Crippen LogP contribution in [0.2, 0.25) is 0 Å². The van der Waals surface area contributed by atoms with Gasteiger partial charge in [0.15, 0.2) is 0 Å². The number of likely N-dealkylation sites (tertiary alicyclic amines) is 1. The number of piperidine rings is 1. The van der Waals surface area contributed by atoms with E-state index in [1.807, 2.05) is 13.8 Å². The van der Waals surface area contributed by atoms with Crippen molar-refractivity contribution in [3.8, 4) is 0 Å². The predicted molar refractivity (Wildman–Crippen MR) is 68.0 cm³/mol. The van der Waals surface area contributed by atoms with Crippen molar-refractivity contribution in [2.75, 3.05) is 11.9 Å². The largest absolute Gasteiger partial charge is 0.374 e. The second-order valence-electron chi connectivity index (χ2n) is 4.47. The van der Waals surface area contributed by atoms with Crippen molar-refractivity contribution >= 4 is 28.3 Å². The molecule has 1 aromatic rings. The van der Waals surface area contributed by atoms with E-state index < -0.39 is 0 Å². The van der Waals surface area contributed by atoms with Crippen LogP contribution in [-0.4, -0.2) is 32.8 Å². The average molecular weight is 268 g/mol. The van der Waals surface area contributed by atoms with Crippen molar-refractivity contribution in [3.05, 3.63) is 5.69 Å². The molecule has 0 bridgehead atoms. The summed E-state index contributed by atoms with van der Waals surface area (Å²) in [4.78, 5) is 25.0. The summed E-state index contributed by atoms with van der Waals surface area (Å²) in [6, 6.07) is 0. The van der Waals surface area contributed by atoms with Gasteiger partial charge in [-0.15, -0.1) is 5.10 Å². The Morgan fingerprint density at radius 1 is 1.39 bits per heavy atom. The van der Waals surface area contributed by atoms with Gasteiger partial charge in [0.05, 0.1) is 6.54 Å². The van der Waals surface area contributed by atoms with Crippen molar-refractivity contribution < 1.29 is 9.59 Å². The van der Waals surface area contributed by atoms with E-state index in [9.17, 15) is 9.59 Å². The van der Waals surface area contributed by atoms with Gasteiger partial charge in [-0.3, -0.25) is 14.5 Å². The third kappa shape index (κ3) is 2.66. The zero-order valence-corrected chi connectivity index (χ0v) is 11.3. The molecule has 1 N–H and O–H groups in total. The van der Waals surface area contributed by atoms with E-state index in [0.717, 1.165) is 11.5 Å². The molecule has 0 unspecified atom stereocenters. The van der Waals surface area contributed by atoms with Gasteiger partial charge in [-0.25, -0.2) is 0 Å². The molecule has 0 saturated carbocycles. The van der Waals surface area contributed by atoms with Crippen LogP contribution in [0.25, 0.3) is 0 Å². The summed E-state index contributed by atoms with van der Waals surface area (Å²) in [6.07, 6.45) is 0.861. The van der Waals surface area contributed by atoms with Crippen molar-refractivity contribution in [1.82, 2.24) is 14.5 Å². The Balaban J connectivity index is 2.10. The number of hydrogen-bond acceptors (Lipinski definition) is 6. The first-order valence-electron chi connectivity index (χ1n) is 6.00. The minimum atomic E-state index is -0.116. The molecule has 2 amide bonds. The van der Waals surface area contributed by atoms with E-state index in [4.69, 9.17) is 0 Å². The van der Waals surface area contributed by atoms with Gasteiger partial charge in [0.1, 0.15) is 10.7 Å². The molecular formula is C11H16N4O2S. The van der Waals surface area contributed by atoms with Crippen molar-refractivity contribution in [2.24, 2.45) is 5.92 Å². The highest BCUT2D eigenvalue weighted by molar-refractivity contribution is 7.10. The summed E-state index contributed by atoms with van der Waals surface area (Å²) in [5, 5.41) is 7.94. The Bertz CT molecular complexity index is 442. The molecule has 1 fully saturated rings. The highest BCUT2D eigenvalue weighted by atomic mass is 32.1. The Morgan fingerprint density at radius 2 is 2.06 bits per heavy atom. The predicted octanol–water partition coefficient (Wildman–Crippen LogP) is 1.25. The van der Waals surface area contributed by atoms with E-state index in [1.165, 1.54) is 16.4 Å². The summed E-state index contributed by atoms with van der Waals surface area (Å²) in [5.74, 6) is -0.0913. The molecule has 1 saturated heterocycles. The molecule has 6 nitrogen and oxygen atoms in total. The van der Waals surface area contributed by atoms with Gasteiger partial charge in [-0.1, -0.05) is 11.4 Å². The second-order valence-corrected chi connectivity index (χ2v) is 5.22. The van der Waals surface area contributed by atoms with Crippen LogP contribution in [0.5, 0.6) is 0 Å². The standard InChI is InChI=1S/C11H16N4O2S/c1-3-12-11-8(13-14-18-11)6-15-9(16)4-7(2)5-10(15)17/h7,12H,3-6H2,1-2H3. The van der Waals surface area contributed by atoms with Crippen LogP contribution in [0.3, 0.4) is 0 Å². The topological polar surface area (TPSA) is 75.2 Å². The van der Waals surface area contributed by atoms with Crippen LogP contribution in [0.1, 0.15) is 32.4 Å². The molecule has 1 aliphatic rings. The zero-order valence-electron chi connectivity index (χ0n) is 10.5. The Labute approximate surface area is 110 Å². The van der Waals surface area contributed by atoms with Crippen LogP contribution >= 0.6 is 11.5 Å². The number of nitrogens with one attached hydrogen (secondary N) is 1. The van der Waals surface area contributed by atoms with Crippen molar-refractivity contribution in [1.29, 1.82) is 0 Å². The Hall–Kier alpha value is -1.50. The smallest absolute Gasteiger partial charge is 0.229 e. The van der Waals surface area contributed by atoms with Gasteiger partial charge in [0, 0.05) is 30.9 Å². The Kier molecular flexibility index (Phi) is 3.90. The fraction of sp³-hybridized carbons (Fsp3) is 0.636. The number of imide groups is 1. The molecule has 2 rings (SSSR count). The van der Waals surface area contributed by atoms with Crippen LogP contribution in [-0.2, 0) is 16.1 Å². The van der Waals surface area contributed by atoms with Crippen LogP contribution in [0.15, 0.2) is 0 Å². The maximum atomic E-state index is 11.9. The third-order valence-corrected chi connectivity index (χ3v) is 3.58. The fourth-order valence-electron chi connectivity index (χ4n) is 1.96. The molecule has 0 radical (unpaired) electrons. The SMILES string of the molecule is CCNc1snnc1CN1C(=O)CC(C)CC1=O. The van der Waals surface area contributed by atoms with Gasteiger partial charge >= 0.3 is 0 Å². The number of nitrogens with zero attached hydrogens (tertiary/aromatic N) is 3. The number of carbonyl (C=O) groups excluding carboxylic acids is 2. The minimum Gasteiger partial charge on any atom is -0.374 e. The quantitative estimate of drug-likeness (QED) is 0.832. The number of aromatic nitrogens is 2. The van der Waals surface area contributed by atoms with Crippen LogP contribution < -0.4 is 5.32 Å². The summed E-state index contributed by atoms with van der Waals surface area (Å²) < 4.78 is 3.85. The number of rotatable bonds is 4. The summed E-state index contributed by atoms with van der Waals surface area (Å²) >= 11 is 1.24. The molecule has 0 spiro atoms. The monoisotopic (exact) mass is 268 g/mol. The lowest BCUT2D eigenvalue weighted by atomic mass is 9.98. The molecule has 18 heavy (non-hydrogen) atoms. The summed E-state index contributed by atoms with van der Waals surface area (Å²) in [7, 11) is 0.